The number of nitrogens with one attached hydrogen (secondary N) is 1. The number of benzene rings is 2. The van der Waals surface area contributed by atoms with Crippen LogP contribution >= 0.6 is 0 Å². The van der Waals surface area contributed by atoms with E-state index in [0.29, 0.717) is 41.9 Å². The van der Waals surface area contributed by atoms with Gasteiger partial charge in [-0.25, -0.2) is 0 Å². The molecular weight excluding hydrogens is 408 g/mol. The van der Waals surface area contributed by atoms with Crippen LogP contribution in [0.1, 0.15) is 21.5 Å². The van der Waals surface area contributed by atoms with Gasteiger partial charge in [0.25, 0.3) is 11.8 Å². The van der Waals surface area contributed by atoms with Gasteiger partial charge in [-0.15, -0.1) is 0 Å². The van der Waals surface area contributed by atoms with E-state index in [4.69, 9.17) is 14.0 Å². The predicted octanol–water partition coefficient (Wildman–Crippen LogP) is 3.98. The lowest BCUT2D eigenvalue weighted by Crippen LogP contribution is -2.27. The van der Waals surface area contributed by atoms with Gasteiger partial charge in [0.05, 0.1) is 0 Å². The summed E-state index contributed by atoms with van der Waals surface area (Å²) in [7, 11) is 0. The van der Waals surface area contributed by atoms with Crippen molar-refractivity contribution in [1.29, 1.82) is 0 Å². The van der Waals surface area contributed by atoms with E-state index < -0.39 is 0 Å². The number of nitrogens with zero attached hydrogens (tertiary/aromatic N) is 3. The van der Waals surface area contributed by atoms with Gasteiger partial charge < -0.3 is 23.9 Å². The average Bonchev–Trinajstić information content (AvgIpc) is 3.55. The molecule has 0 unspecified atom stereocenters. The van der Waals surface area contributed by atoms with Crippen molar-refractivity contribution in [3.8, 4) is 34.5 Å². The normalized spacial score (nSPS) is 12.2. The number of carbonyl (C=O) groups excluding carboxylic acids is 1. The van der Waals surface area contributed by atoms with Crippen LogP contribution in [0.15, 0.2) is 59.3 Å². The summed E-state index contributed by atoms with van der Waals surface area (Å²) in [6.07, 6.45) is 1.92. The fourth-order valence-corrected chi connectivity index (χ4v) is 3.56. The molecule has 0 bridgehead atoms. The first kappa shape index (κ1) is 19.9. The quantitative estimate of drug-likeness (QED) is 0.498. The third-order valence-corrected chi connectivity index (χ3v) is 5.51. The first-order chi connectivity index (χ1) is 15.6. The van der Waals surface area contributed by atoms with Gasteiger partial charge >= 0.3 is 0 Å². The monoisotopic (exact) mass is 430 g/mol. The number of carbonyl (C=O) groups is 1. The molecule has 5 rings (SSSR count). The summed E-state index contributed by atoms with van der Waals surface area (Å²) in [5, 5.41) is 7.07. The Bertz CT molecular complexity index is 1290. The van der Waals surface area contributed by atoms with E-state index in [2.05, 4.69) is 15.5 Å². The second-order valence-corrected chi connectivity index (χ2v) is 7.63. The average molecular weight is 430 g/mol. The molecular formula is C24H22N4O4. The van der Waals surface area contributed by atoms with Gasteiger partial charge in [0.15, 0.2) is 11.5 Å². The van der Waals surface area contributed by atoms with E-state index in [9.17, 15) is 4.79 Å². The second kappa shape index (κ2) is 8.22. The van der Waals surface area contributed by atoms with Crippen LogP contribution < -0.4 is 14.8 Å². The fraction of sp³-hybridized carbons (Fsp3) is 0.208. The van der Waals surface area contributed by atoms with E-state index in [1.165, 1.54) is 5.56 Å². The lowest BCUT2D eigenvalue weighted by atomic mass is 10.1. The molecule has 1 N–H and O–H groups in total. The zero-order valence-corrected chi connectivity index (χ0v) is 17.8. The molecule has 0 fully saturated rings. The third-order valence-electron chi connectivity index (χ3n) is 5.51. The topological polar surface area (TPSA) is 91.4 Å². The highest BCUT2D eigenvalue weighted by Crippen LogP contribution is 2.35. The molecule has 32 heavy (non-hydrogen) atoms. The summed E-state index contributed by atoms with van der Waals surface area (Å²) in [4.78, 5) is 17.0. The maximum absolute atomic E-state index is 12.5. The fourth-order valence-electron chi connectivity index (χ4n) is 3.56. The Morgan fingerprint density at radius 3 is 2.81 bits per heavy atom. The maximum Gasteiger partial charge on any atom is 0.274 e. The number of hydrogen-bond acceptors (Lipinski definition) is 6. The summed E-state index contributed by atoms with van der Waals surface area (Å²) in [5.74, 6) is 2.15. The molecule has 0 radical (unpaired) electrons. The van der Waals surface area contributed by atoms with Crippen LogP contribution in [0.2, 0.25) is 0 Å². The van der Waals surface area contributed by atoms with Crippen molar-refractivity contribution in [2.45, 2.75) is 20.4 Å². The number of rotatable bonds is 6. The van der Waals surface area contributed by atoms with E-state index >= 15 is 0 Å². The smallest absolute Gasteiger partial charge is 0.274 e. The van der Waals surface area contributed by atoms with Crippen LogP contribution in [-0.4, -0.2) is 34.0 Å². The molecule has 0 atom stereocenters. The lowest BCUT2D eigenvalue weighted by Gasteiger charge is -2.09. The highest BCUT2D eigenvalue weighted by Gasteiger charge is 2.18. The summed E-state index contributed by atoms with van der Waals surface area (Å²) in [6.45, 7) is 5.28. The second-order valence-electron chi connectivity index (χ2n) is 7.63. The van der Waals surface area contributed by atoms with Crippen molar-refractivity contribution in [3.63, 3.8) is 0 Å². The maximum atomic E-state index is 12.5. The highest BCUT2D eigenvalue weighted by molar-refractivity contribution is 5.94. The molecule has 162 valence electrons. The number of aromatic nitrogens is 3. The molecule has 1 aliphatic heterocycles. The summed E-state index contributed by atoms with van der Waals surface area (Å²) in [5.41, 5.74) is 4.48. The van der Waals surface area contributed by atoms with Crippen LogP contribution in [0.25, 0.3) is 23.0 Å². The van der Waals surface area contributed by atoms with Gasteiger partial charge in [-0.2, -0.15) is 4.98 Å². The molecule has 3 heterocycles. The third kappa shape index (κ3) is 3.82. The van der Waals surface area contributed by atoms with E-state index in [1.54, 1.807) is 0 Å². The van der Waals surface area contributed by atoms with Crippen molar-refractivity contribution in [3.05, 3.63) is 71.4 Å². The van der Waals surface area contributed by atoms with Gasteiger partial charge in [0.2, 0.25) is 12.6 Å². The Kier molecular flexibility index (Phi) is 5.10. The summed E-state index contributed by atoms with van der Waals surface area (Å²) in [6, 6.07) is 15.0. The Labute approximate surface area is 184 Å². The van der Waals surface area contributed by atoms with E-state index in [1.807, 2.05) is 73.1 Å². The number of amides is 1. The first-order valence-corrected chi connectivity index (χ1v) is 10.3. The molecule has 8 heteroatoms. The molecule has 0 saturated heterocycles. The van der Waals surface area contributed by atoms with Crippen molar-refractivity contribution in [2.75, 3.05) is 13.3 Å². The van der Waals surface area contributed by atoms with E-state index in [-0.39, 0.29) is 12.7 Å². The number of aryl methyl sites for hydroxylation is 2. The SMILES string of the molecule is Cc1ccc(C(=O)NCCn2cccc2-c2nc(-c3ccc4c(c3)OCO4)no2)cc1C. The van der Waals surface area contributed by atoms with Gasteiger partial charge in [-0.05, 0) is 67.4 Å². The predicted molar refractivity (Wildman–Crippen MR) is 118 cm³/mol. The molecule has 0 spiro atoms. The Balaban J connectivity index is 1.26. The van der Waals surface area contributed by atoms with Gasteiger partial charge in [0, 0.05) is 30.4 Å². The van der Waals surface area contributed by atoms with Crippen molar-refractivity contribution in [2.24, 2.45) is 0 Å². The van der Waals surface area contributed by atoms with Gasteiger partial charge in [-0.3, -0.25) is 4.79 Å². The molecule has 2 aromatic heterocycles. The molecule has 8 nitrogen and oxygen atoms in total. The van der Waals surface area contributed by atoms with Crippen molar-refractivity contribution >= 4 is 5.91 Å². The largest absolute Gasteiger partial charge is 0.454 e. The number of fused-ring (bicyclic) bond motifs is 1. The van der Waals surface area contributed by atoms with Crippen molar-refractivity contribution in [1.82, 2.24) is 20.0 Å². The highest BCUT2D eigenvalue weighted by atomic mass is 16.7. The Morgan fingerprint density at radius 1 is 1.06 bits per heavy atom. The number of ether oxygens (including phenoxy) is 2. The van der Waals surface area contributed by atoms with Crippen molar-refractivity contribution < 1.29 is 18.8 Å². The van der Waals surface area contributed by atoms with Crippen LogP contribution in [0.3, 0.4) is 0 Å². The lowest BCUT2D eigenvalue weighted by molar-refractivity contribution is 0.0952. The first-order valence-electron chi connectivity index (χ1n) is 10.3. The standard InChI is InChI=1S/C24H22N4O4/c1-15-5-6-18(12-16(15)2)23(29)25-9-11-28-10-3-4-19(28)24-26-22(27-32-24)17-7-8-20-21(13-17)31-14-30-20/h3-8,10,12-13H,9,11,14H2,1-2H3,(H,25,29). The minimum atomic E-state index is -0.0929. The van der Waals surface area contributed by atoms with Crippen LogP contribution in [0.5, 0.6) is 11.5 Å². The summed E-state index contributed by atoms with van der Waals surface area (Å²) >= 11 is 0. The van der Waals surface area contributed by atoms with Gasteiger partial charge in [-0.1, -0.05) is 11.2 Å². The number of hydrogen-bond donors (Lipinski definition) is 1. The Hall–Kier alpha value is -4.07. The zero-order valence-electron chi connectivity index (χ0n) is 17.8. The minimum absolute atomic E-state index is 0.0929. The van der Waals surface area contributed by atoms with Crippen LogP contribution in [-0.2, 0) is 6.54 Å². The van der Waals surface area contributed by atoms with Gasteiger partial charge in [0.1, 0.15) is 5.69 Å². The molecule has 0 aliphatic carbocycles. The molecule has 4 aromatic rings. The molecule has 1 aliphatic rings. The van der Waals surface area contributed by atoms with Crippen LogP contribution in [0, 0.1) is 13.8 Å². The molecule has 2 aromatic carbocycles. The minimum Gasteiger partial charge on any atom is -0.454 e. The van der Waals surface area contributed by atoms with E-state index in [0.717, 1.165) is 16.8 Å². The Morgan fingerprint density at radius 2 is 1.94 bits per heavy atom. The zero-order chi connectivity index (χ0) is 22.1. The summed E-state index contributed by atoms with van der Waals surface area (Å²) < 4.78 is 18.2. The molecule has 1 amide bonds. The van der Waals surface area contributed by atoms with Crippen LogP contribution in [0.4, 0.5) is 0 Å². The molecule has 0 saturated carbocycles.